The molecule has 0 radical (unpaired) electrons. The van der Waals surface area contributed by atoms with E-state index in [9.17, 15) is 0 Å². The third-order valence-electron chi connectivity index (χ3n) is 7.93. The smallest absolute Gasteiger partial charge is 0.166 e. The van der Waals surface area contributed by atoms with Crippen molar-refractivity contribution in [3.63, 3.8) is 0 Å². The number of hydrogen-bond donors (Lipinski definition) is 0. The van der Waals surface area contributed by atoms with Gasteiger partial charge < -0.3 is 12.4 Å². The van der Waals surface area contributed by atoms with Gasteiger partial charge in [-0.3, -0.25) is 0 Å². The largest absolute Gasteiger partial charge is 1.00 e. The maximum Gasteiger partial charge on any atom is 0.166 e. The van der Waals surface area contributed by atoms with Crippen LogP contribution in [0.25, 0.3) is 0 Å². The predicted octanol–water partition coefficient (Wildman–Crippen LogP) is 4.33. The molecule has 3 aliphatic rings. The van der Waals surface area contributed by atoms with Gasteiger partial charge in [0.2, 0.25) is 0 Å². The van der Waals surface area contributed by atoms with Crippen molar-refractivity contribution in [1.82, 2.24) is 0 Å². The molecule has 5 atom stereocenters. The second-order valence-corrected chi connectivity index (χ2v) is 11.3. The van der Waals surface area contributed by atoms with E-state index in [-0.39, 0.29) is 23.3 Å². The van der Waals surface area contributed by atoms with Crippen molar-refractivity contribution in [3.8, 4) is 0 Å². The van der Waals surface area contributed by atoms with Crippen LogP contribution in [-0.2, 0) is 10.9 Å². The second-order valence-electron chi connectivity index (χ2n) is 9.26. The van der Waals surface area contributed by atoms with E-state index in [1.807, 2.05) is 0 Å². The van der Waals surface area contributed by atoms with Gasteiger partial charge in [0.05, 0.1) is 10.9 Å². The van der Waals surface area contributed by atoms with E-state index in [1.165, 1.54) is 46.8 Å². The van der Waals surface area contributed by atoms with Crippen LogP contribution in [0.1, 0.15) is 43.6 Å². The normalized spacial score (nSPS) is 29.0. The van der Waals surface area contributed by atoms with Gasteiger partial charge in [0.1, 0.15) is 0 Å². The molecule has 0 heterocycles. The van der Waals surface area contributed by atoms with Crippen LogP contribution in [0.2, 0.25) is 0 Å². The fourth-order valence-corrected chi connectivity index (χ4v) is 8.91. The van der Waals surface area contributed by atoms with Crippen LogP contribution in [0.15, 0.2) is 99.6 Å². The van der Waals surface area contributed by atoms with Crippen LogP contribution in [0.5, 0.6) is 0 Å². The van der Waals surface area contributed by atoms with Crippen molar-refractivity contribution in [2.75, 3.05) is 0 Å². The summed E-state index contributed by atoms with van der Waals surface area (Å²) in [6, 6.07) is 31.8. The lowest BCUT2D eigenvalue weighted by Gasteiger charge is -2.31. The van der Waals surface area contributed by atoms with Crippen molar-refractivity contribution < 1.29 is 12.4 Å². The number of hydrogen-bond acceptors (Lipinski definition) is 0. The molecule has 0 nitrogen and oxygen atoms in total. The minimum absolute atomic E-state index is 0. The summed E-state index contributed by atoms with van der Waals surface area (Å²) < 4.78 is 0. The van der Waals surface area contributed by atoms with Gasteiger partial charge in [0.15, 0.2) is 14.7 Å². The molecule has 0 amide bonds. The highest BCUT2D eigenvalue weighted by Gasteiger charge is 2.53. The maximum absolute atomic E-state index is 2.47. The third kappa shape index (κ3) is 3.41. The average molecular weight is 433 g/mol. The van der Waals surface area contributed by atoms with Crippen LogP contribution >= 0.6 is 0 Å². The Morgan fingerprint density at radius 2 is 1.13 bits per heavy atom. The van der Waals surface area contributed by atoms with E-state index in [2.05, 4.69) is 84.9 Å². The van der Waals surface area contributed by atoms with E-state index in [1.54, 1.807) is 5.56 Å². The van der Waals surface area contributed by atoms with Crippen molar-refractivity contribution >= 4 is 10.9 Å². The highest BCUT2D eigenvalue weighted by atomic mass is 35.5. The van der Waals surface area contributed by atoms with Crippen LogP contribution in [0.3, 0.4) is 0 Å². The van der Waals surface area contributed by atoms with Crippen molar-refractivity contribution in [2.24, 2.45) is 23.7 Å². The molecular weight excluding hydrogens is 404 g/mol. The summed E-state index contributed by atoms with van der Waals surface area (Å²) in [5, 5.41) is 0. The molecular formula is C28H29ClS. The zero-order valence-corrected chi connectivity index (χ0v) is 18.9. The number of benzene rings is 3. The van der Waals surface area contributed by atoms with Gasteiger partial charge in [0, 0.05) is 0 Å². The second kappa shape index (κ2) is 8.44. The molecule has 0 N–H and O–H groups in total. The highest BCUT2D eigenvalue weighted by Crippen LogP contribution is 2.63. The molecule has 2 bridgehead atoms. The monoisotopic (exact) mass is 432 g/mol. The first-order valence-electron chi connectivity index (χ1n) is 11.3. The van der Waals surface area contributed by atoms with Crippen LogP contribution in [-0.4, -0.2) is 0 Å². The van der Waals surface area contributed by atoms with Crippen molar-refractivity contribution in [3.05, 3.63) is 90.5 Å². The summed E-state index contributed by atoms with van der Waals surface area (Å²) >= 11 is 0. The summed E-state index contributed by atoms with van der Waals surface area (Å²) in [5.74, 6) is 4.95. The summed E-state index contributed by atoms with van der Waals surface area (Å²) in [7, 11) is -0.0305. The third-order valence-corrected chi connectivity index (χ3v) is 10.2. The SMILES string of the molecule is [Cl-].c1ccc([S+](c2ccccc2)c2ccc(C3CC4CC3C3CCCC43)cc2)cc1. The average Bonchev–Trinajstić information content (AvgIpc) is 3.50. The quantitative estimate of drug-likeness (QED) is 0.538. The van der Waals surface area contributed by atoms with Gasteiger partial charge in [-0.05, 0) is 97.2 Å². The van der Waals surface area contributed by atoms with Gasteiger partial charge in [-0.15, -0.1) is 0 Å². The Balaban J connectivity index is 0.00000193. The lowest BCUT2D eigenvalue weighted by Crippen LogP contribution is -3.00. The lowest BCUT2D eigenvalue weighted by atomic mass is 9.73. The van der Waals surface area contributed by atoms with Crippen molar-refractivity contribution in [1.29, 1.82) is 0 Å². The lowest BCUT2D eigenvalue weighted by molar-refractivity contribution is -0.00000573. The van der Waals surface area contributed by atoms with E-state index in [0.29, 0.717) is 0 Å². The van der Waals surface area contributed by atoms with Crippen molar-refractivity contribution in [2.45, 2.75) is 52.7 Å². The van der Waals surface area contributed by atoms with E-state index in [0.717, 1.165) is 29.6 Å². The van der Waals surface area contributed by atoms with Gasteiger partial charge in [-0.1, -0.05) is 55.0 Å². The predicted molar refractivity (Wildman–Crippen MR) is 121 cm³/mol. The summed E-state index contributed by atoms with van der Waals surface area (Å²) in [6.45, 7) is 0. The Hall–Kier alpha value is -1.70. The summed E-state index contributed by atoms with van der Waals surface area (Å²) in [5.41, 5.74) is 1.61. The molecule has 3 fully saturated rings. The number of halogens is 1. The van der Waals surface area contributed by atoms with Gasteiger partial charge in [0.25, 0.3) is 0 Å². The molecule has 6 rings (SSSR count). The Bertz CT molecular complexity index is 929. The molecule has 30 heavy (non-hydrogen) atoms. The minimum atomic E-state index is -0.0305. The fourth-order valence-electron chi connectivity index (χ4n) is 6.82. The fraction of sp³-hybridized carbons (Fsp3) is 0.357. The summed E-state index contributed by atoms with van der Waals surface area (Å²) in [6.07, 6.45) is 7.49. The molecule has 154 valence electrons. The topological polar surface area (TPSA) is 0 Å². The zero-order valence-electron chi connectivity index (χ0n) is 17.3. The first kappa shape index (κ1) is 20.2. The van der Waals surface area contributed by atoms with E-state index in [4.69, 9.17) is 0 Å². The molecule has 0 saturated heterocycles. The Kier molecular flexibility index (Phi) is 5.69. The molecule has 2 heteroatoms. The summed E-state index contributed by atoms with van der Waals surface area (Å²) in [4.78, 5) is 4.24. The molecule has 3 aliphatic carbocycles. The Morgan fingerprint density at radius 3 is 1.77 bits per heavy atom. The number of rotatable bonds is 4. The number of fused-ring (bicyclic) bond motifs is 5. The molecule has 0 aliphatic heterocycles. The molecule has 0 spiro atoms. The van der Waals surface area contributed by atoms with Crippen LogP contribution in [0, 0.1) is 23.7 Å². The maximum atomic E-state index is 2.47. The minimum Gasteiger partial charge on any atom is -1.00 e. The Morgan fingerprint density at radius 1 is 0.567 bits per heavy atom. The first-order valence-corrected chi connectivity index (χ1v) is 12.6. The molecule has 3 aromatic carbocycles. The van der Waals surface area contributed by atoms with Gasteiger partial charge in [-0.25, -0.2) is 0 Å². The highest BCUT2D eigenvalue weighted by molar-refractivity contribution is 7.97. The first-order chi connectivity index (χ1) is 14.4. The molecule has 5 unspecified atom stereocenters. The molecule has 0 aromatic heterocycles. The standard InChI is InChI=1S/C28H29S.ClH/c1-3-8-22(9-4-1)29(23-10-5-2-6-11-23)24-16-14-20(15-17-24)27-18-21-19-28(27)26-13-7-12-25(21)26;/h1-6,8-11,14-17,21,25-28H,7,12-13,18-19H2;1H/q+1;/p-1. The molecule has 3 aromatic rings. The van der Waals surface area contributed by atoms with E-state index < -0.39 is 0 Å². The Labute approximate surface area is 189 Å². The van der Waals surface area contributed by atoms with E-state index >= 15 is 0 Å². The van der Waals surface area contributed by atoms with Gasteiger partial charge >= 0.3 is 0 Å². The van der Waals surface area contributed by atoms with Crippen LogP contribution in [0.4, 0.5) is 0 Å². The molecule has 3 saturated carbocycles. The zero-order chi connectivity index (χ0) is 19.2. The van der Waals surface area contributed by atoms with Gasteiger partial charge in [-0.2, -0.15) is 0 Å². The van der Waals surface area contributed by atoms with Crippen LogP contribution < -0.4 is 12.4 Å².